The summed E-state index contributed by atoms with van der Waals surface area (Å²) in [7, 11) is 1.65. The highest BCUT2D eigenvalue weighted by Crippen LogP contribution is 2.28. The van der Waals surface area contributed by atoms with E-state index in [1.54, 1.807) is 13.3 Å². The molecule has 7 nitrogen and oxygen atoms in total. The third-order valence-corrected chi connectivity index (χ3v) is 6.97. The van der Waals surface area contributed by atoms with E-state index in [4.69, 9.17) is 4.74 Å². The Morgan fingerprint density at radius 2 is 2.03 bits per heavy atom. The van der Waals surface area contributed by atoms with Gasteiger partial charge in [0.25, 0.3) is 0 Å². The van der Waals surface area contributed by atoms with Crippen LogP contribution in [0.4, 0.5) is 0 Å². The number of nitrogens with one attached hydrogen (secondary N) is 1. The van der Waals surface area contributed by atoms with Crippen molar-refractivity contribution < 1.29 is 9.84 Å². The summed E-state index contributed by atoms with van der Waals surface area (Å²) in [4.78, 5) is 6.77. The van der Waals surface area contributed by atoms with Crippen LogP contribution in [0.25, 0.3) is 21.1 Å². The highest BCUT2D eigenvalue weighted by atomic mass is 32.1. The molecule has 32 heavy (non-hydrogen) atoms. The second kappa shape index (κ2) is 9.46. The molecule has 5 rings (SSSR count). The SMILES string of the molecule is COc1ccc2nccc([C@@H](O)CN3CCC(NCc4ccc5snnc5c4)CC3)c2c1. The summed E-state index contributed by atoms with van der Waals surface area (Å²) in [6, 6.07) is 14.5. The number of fused-ring (bicyclic) bond motifs is 2. The Morgan fingerprint density at radius 3 is 2.88 bits per heavy atom. The zero-order valence-corrected chi connectivity index (χ0v) is 18.9. The van der Waals surface area contributed by atoms with Gasteiger partial charge in [0.05, 0.1) is 23.4 Å². The Labute approximate surface area is 191 Å². The van der Waals surface area contributed by atoms with Crippen molar-refractivity contribution in [2.75, 3.05) is 26.7 Å². The Hall–Kier alpha value is -2.65. The molecule has 1 saturated heterocycles. The average Bonchev–Trinajstić information content (AvgIpc) is 3.31. The number of benzene rings is 2. The van der Waals surface area contributed by atoms with Gasteiger partial charge in [0.15, 0.2) is 0 Å². The fraction of sp³-hybridized carbons (Fsp3) is 0.375. The number of aromatic nitrogens is 3. The molecule has 1 aliphatic rings. The molecule has 0 aliphatic carbocycles. The van der Waals surface area contributed by atoms with Crippen LogP contribution in [0.5, 0.6) is 5.75 Å². The van der Waals surface area contributed by atoms with Crippen LogP contribution in [0.3, 0.4) is 0 Å². The zero-order chi connectivity index (χ0) is 21.9. The van der Waals surface area contributed by atoms with E-state index in [1.165, 1.54) is 17.1 Å². The Morgan fingerprint density at radius 1 is 1.16 bits per heavy atom. The summed E-state index contributed by atoms with van der Waals surface area (Å²) in [6.07, 6.45) is 3.34. The van der Waals surface area contributed by atoms with Gasteiger partial charge in [-0.05, 0) is 85.0 Å². The van der Waals surface area contributed by atoms with Crippen LogP contribution < -0.4 is 10.1 Å². The number of likely N-dealkylation sites (tertiary alicyclic amines) is 1. The lowest BCUT2D eigenvalue weighted by atomic mass is 10.0. The summed E-state index contributed by atoms with van der Waals surface area (Å²) < 4.78 is 10.5. The molecule has 1 fully saturated rings. The van der Waals surface area contributed by atoms with Gasteiger partial charge in [-0.25, -0.2) is 0 Å². The van der Waals surface area contributed by atoms with E-state index in [9.17, 15) is 5.11 Å². The molecule has 1 atom stereocenters. The number of piperidine rings is 1. The standard InChI is InChI=1S/C24H27N5O2S/c1-31-18-3-4-21-20(13-18)19(6-9-25-21)23(30)15-29-10-7-17(8-11-29)26-14-16-2-5-24-22(12-16)27-28-32-24/h2-6,9,12-13,17,23,26,30H,7-8,10-11,14-15H2,1H3/t23-/m0/s1. The van der Waals surface area contributed by atoms with Crippen LogP contribution in [-0.2, 0) is 6.54 Å². The number of β-amino-alcohol motifs (C(OH)–C–C–N with tert-alkyl or cyclic N) is 1. The summed E-state index contributed by atoms with van der Waals surface area (Å²) >= 11 is 1.43. The summed E-state index contributed by atoms with van der Waals surface area (Å²) in [5, 5.41) is 19.8. The third-order valence-electron chi connectivity index (χ3n) is 6.27. The Balaban J connectivity index is 1.16. The lowest BCUT2D eigenvalue weighted by Gasteiger charge is -2.33. The van der Waals surface area contributed by atoms with Gasteiger partial charge >= 0.3 is 0 Å². The van der Waals surface area contributed by atoms with E-state index in [-0.39, 0.29) is 0 Å². The molecule has 0 spiro atoms. The van der Waals surface area contributed by atoms with Crippen molar-refractivity contribution in [2.24, 2.45) is 0 Å². The molecule has 3 heterocycles. The van der Waals surface area contributed by atoms with Crippen molar-refractivity contribution in [1.29, 1.82) is 0 Å². The number of hydrogen-bond donors (Lipinski definition) is 2. The van der Waals surface area contributed by atoms with Gasteiger partial charge in [-0.15, -0.1) is 5.10 Å². The van der Waals surface area contributed by atoms with E-state index in [0.29, 0.717) is 12.6 Å². The van der Waals surface area contributed by atoms with E-state index in [1.807, 2.05) is 24.3 Å². The molecular weight excluding hydrogens is 422 g/mol. The maximum Gasteiger partial charge on any atom is 0.119 e. The topological polar surface area (TPSA) is 83.4 Å². The normalized spacial score (nSPS) is 16.6. The minimum Gasteiger partial charge on any atom is -0.497 e. The van der Waals surface area contributed by atoms with Gasteiger partial charge in [0.2, 0.25) is 0 Å². The molecule has 4 aromatic rings. The molecule has 2 N–H and O–H groups in total. The molecule has 0 unspecified atom stereocenters. The second-order valence-electron chi connectivity index (χ2n) is 8.33. The first-order valence-corrected chi connectivity index (χ1v) is 11.7. The highest BCUT2D eigenvalue weighted by molar-refractivity contribution is 7.12. The van der Waals surface area contributed by atoms with Gasteiger partial charge < -0.3 is 20.1 Å². The van der Waals surface area contributed by atoms with Crippen LogP contribution >= 0.6 is 11.5 Å². The van der Waals surface area contributed by atoms with Crippen molar-refractivity contribution in [2.45, 2.75) is 31.5 Å². The number of rotatable bonds is 7. The Kier molecular flexibility index (Phi) is 6.27. The number of pyridine rings is 1. The number of methoxy groups -OCH3 is 1. The van der Waals surface area contributed by atoms with Crippen molar-refractivity contribution in [3.8, 4) is 5.75 Å². The molecule has 0 radical (unpaired) electrons. The number of ether oxygens (including phenoxy) is 1. The average molecular weight is 450 g/mol. The van der Waals surface area contributed by atoms with E-state index in [2.05, 4.69) is 43.0 Å². The quantitative estimate of drug-likeness (QED) is 0.446. The van der Waals surface area contributed by atoms with Gasteiger partial charge in [-0.3, -0.25) is 4.98 Å². The molecule has 2 aromatic heterocycles. The maximum atomic E-state index is 11.0. The van der Waals surface area contributed by atoms with Crippen LogP contribution in [0.1, 0.15) is 30.1 Å². The summed E-state index contributed by atoms with van der Waals surface area (Å²) in [5.74, 6) is 0.774. The van der Waals surface area contributed by atoms with Crippen LogP contribution in [0.2, 0.25) is 0 Å². The molecule has 2 aromatic carbocycles. The fourth-order valence-corrected chi connectivity index (χ4v) is 4.96. The van der Waals surface area contributed by atoms with E-state index in [0.717, 1.165) is 64.9 Å². The predicted octanol–water partition coefficient (Wildman–Crippen LogP) is 3.54. The summed E-state index contributed by atoms with van der Waals surface area (Å²) in [5.41, 5.74) is 3.99. The fourth-order valence-electron chi connectivity index (χ4n) is 4.43. The Bertz CT molecular complexity index is 1210. The molecule has 1 aliphatic heterocycles. The largest absolute Gasteiger partial charge is 0.497 e. The molecule has 166 valence electrons. The lowest BCUT2D eigenvalue weighted by Crippen LogP contribution is -2.43. The summed E-state index contributed by atoms with van der Waals surface area (Å²) in [6.45, 7) is 3.40. The molecular formula is C24H27N5O2S. The van der Waals surface area contributed by atoms with Crippen LogP contribution in [-0.4, -0.2) is 57.4 Å². The van der Waals surface area contributed by atoms with Crippen molar-refractivity contribution in [3.05, 3.63) is 59.8 Å². The zero-order valence-electron chi connectivity index (χ0n) is 18.1. The van der Waals surface area contributed by atoms with E-state index >= 15 is 0 Å². The number of nitrogens with zero attached hydrogens (tertiary/aromatic N) is 4. The number of aliphatic hydroxyl groups excluding tert-OH is 1. The smallest absolute Gasteiger partial charge is 0.119 e. The molecule has 8 heteroatoms. The number of aliphatic hydroxyl groups is 1. The van der Waals surface area contributed by atoms with Crippen molar-refractivity contribution in [3.63, 3.8) is 0 Å². The first-order valence-electron chi connectivity index (χ1n) is 11.0. The first-order chi connectivity index (χ1) is 15.7. The number of hydrogen-bond acceptors (Lipinski definition) is 8. The maximum absolute atomic E-state index is 11.0. The van der Waals surface area contributed by atoms with Gasteiger partial charge in [-0.2, -0.15) is 0 Å². The molecule has 0 saturated carbocycles. The van der Waals surface area contributed by atoms with E-state index < -0.39 is 6.10 Å². The van der Waals surface area contributed by atoms with Crippen molar-refractivity contribution in [1.82, 2.24) is 24.8 Å². The third kappa shape index (κ3) is 4.59. The first kappa shape index (κ1) is 21.2. The minimum atomic E-state index is -0.560. The molecule has 0 amide bonds. The van der Waals surface area contributed by atoms with Gasteiger partial charge in [0.1, 0.15) is 11.3 Å². The second-order valence-corrected chi connectivity index (χ2v) is 9.12. The van der Waals surface area contributed by atoms with Crippen LogP contribution in [0, 0.1) is 0 Å². The van der Waals surface area contributed by atoms with Crippen molar-refractivity contribution >= 4 is 32.7 Å². The minimum absolute atomic E-state index is 0.485. The van der Waals surface area contributed by atoms with Gasteiger partial charge in [-0.1, -0.05) is 10.6 Å². The molecule has 0 bridgehead atoms. The monoisotopic (exact) mass is 449 g/mol. The lowest BCUT2D eigenvalue weighted by molar-refractivity contribution is 0.0949. The predicted molar refractivity (Wildman–Crippen MR) is 127 cm³/mol. The van der Waals surface area contributed by atoms with Crippen LogP contribution in [0.15, 0.2) is 48.7 Å². The van der Waals surface area contributed by atoms with Gasteiger partial charge in [0, 0.05) is 30.7 Å². The highest BCUT2D eigenvalue weighted by Gasteiger charge is 2.22.